The molecule has 0 bridgehead atoms. The smallest absolute Gasteiger partial charge is 0.161 e. The van der Waals surface area contributed by atoms with Gasteiger partial charge in [-0.2, -0.15) is 0 Å². The second-order valence-electron chi connectivity index (χ2n) is 6.74. The quantitative estimate of drug-likeness (QED) is 0.384. The summed E-state index contributed by atoms with van der Waals surface area (Å²) in [5.74, 6) is 3.45. The van der Waals surface area contributed by atoms with Crippen LogP contribution < -0.4 is 23.7 Å². The van der Waals surface area contributed by atoms with Crippen molar-refractivity contribution in [3.05, 3.63) is 36.5 Å². The molecule has 0 aliphatic carbocycles. The summed E-state index contributed by atoms with van der Waals surface area (Å²) >= 11 is 0. The molecule has 156 valence electrons. The van der Waals surface area contributed by atoms with Gasteiger partial charge in [-0.3, -0.25) is 4.98 Å². The van der Waals surface area contributed by atoms with Crippen molar-refractivity contribution < 1.29 is 23.7 Å². The highest BCUT2D eigenvalue weighted by atomic mass is 16.5. The minimum Gasteiger partial charge on any atom is -0.493 e. The van der Waals surface area contributed by atoms with Gasteiger partial charge < -0.3 is 23.7 Å². The predicted molar refractivity (Wildman–Crippen MR) is 119 cm³/mol. The van der Waals surface area contributed by atoms with Crippen molar-refractivity contribution >= 4 is 32.4 Å². The Hall–Kier alpha value is -3.41. The minimum atomic E-state index is 0.546. The van der Waals surface area contributed by atoms with Crippen LogP contribution in [0.5, 0.6) is 28.7 Å². The number of fused-ring (bicyclic) bond motifs is 5. The van der Waals surface area contributed by atoms with E-state index in [4.69, 9.17) is 28.7 Å². The molecule has 0 aliphatic heterocycles. The molecule has 0 saturated carbocycles. The van der Waals surface area contributed by atoms with Crippen molar-refractivity contribution in [3.8, 4) is 28.7 Å². The standard InChI is InChI=1S/C24H25NO5/c1-6-29-19-11-17-15-9-21(27-4)20(26-3)8-14(15)13-25-24(17)18-12-22(28-5)23(30-7-2)10-16(18)19/h8-13H,6-7H2,1-5H3. The molecule has 0 N–H and O–H groups in total. The maximum Gasteiger partial charge on any atom is 0.161 e. The Bertz CT molecular complexity index is 1240. The van der Waals surface area contributed by atoms with Crippen molar-refractivity contribution in [2.45, 2.75) is 13.8 Å². The molecule has 0 unspecified atom stereocenters. The van der Waals surface area contributed by atoms with E-state index in [1.807, 2.05) is 50.4 Å². The lowest BCUT2D eigenvalue weighted by atomic mass is 9.99. The molecule has 0 aliphatic rings. The predicted octanol–water partition coefficient (Wildman–Crippen LogP) is 5.36. The summed E-state index contributed by atoms with van der Waals surface area (Å²) in [6, 6.07) is 9.87. The second-order valence-corrected chi connectivity index (χ2v) is 6.74. The van der Waals surface area contributed by atoms with Crippen LogP contribution in [0.15, 0.2) is 36.5 Å². The minimum absolute atomic E-state index is 0.546. The van der Waals surface area contributed by atoms with Crippen molar-refractivity contribution in [3.63, 3.8) is 0 Å². The number of rotatable bonds is 7. The van der Waals surface area contributed by atoms with Gasteiger partial charge in [0.05, 0.1) is 40.1 Å². The Labute approximate surface area is 175 Å². The molecule has 0 fully saturated rings. The molecular weight excluding hydrogens is 382 g/mol. The average molecular weight is 407 g/mol. The van der Waals surface area contributed by atoms with E-state index in [9.17, 15) is 0 Å². The highest BCUT2D eigenvalue weighted by molar-refractivity contribution is 6.17. The number of nitrogens with zero attached hydrogens (tertiary/aromatic N) is 1. The molecule has 0 atom stereocenters. The maximum atomic E-state index is 6.00. The third-order valence-corrected chi connectivity index (χ3v) is 5.13. The van der Waals surface area contributed by atoms with Gasteiger partial charge in [0.15, 0.2) is 23.0 Å². The zero-order chi connectivity index (χ0) is 21.3. The van der Waals surface area contributed by atoms with Crippen LogP contribution in [0.2, 0.25) is 0 Å². The van der Waals surface area contributed by atoms with Crippen LogP contribution in [-0.2, 0) is 0 Å². The SMILES string of the molecule is CCOc1cc2c(OCC)cc3c4cc(OC)c(OC)cc4cnc3c2cc1OC. The van der Waals surface area contributed by atoms with Crippen molar-refractivity contribution in [2.75, 3.05) is 34.5 Å². The molecule has 4 rings (SSSR count). The molecule has 30 heavy (non-hydrogen) atoms. The van der Waals surface area contributed by atoms with Crippen LogP contribution in [0.25, 0.3) is 32.4 Å². The molecule has 0 saturated heterocycles. The monoisotopic (exact) mass is 407 g/mol. The zero-order valence-corrected chi connectivity index (χ0v) is 17.9. The first-order chi connectivity index (χ1) is 14.6. The lowest BCUT2D eigenvalue weighted by Gasteiger charge is -2.16. The van der Waals surface area contributed by atoms with E-state index in [0.29, 0.717) is 36.2 Å². The van der Waals surface area contributed by atoms with Crippen LogP contribution in [0, 0.1) is 0 Å². The number of hydrogen-bond acceptors (Lipinski definition) is 6. The molecular formula is C24H25NO5. The van der Waals surface area contributed by atoms with Gasteiger partial charge in [0, 0.05) is 27.7 Å². The average Bonchev–Trinajstić information content (AvgIpc) is 2.78. The fourth-order valence-electron chi connectivity index (χ4n) is 3.80. The number of pyridine rings is 1. The van der Waals surface area contributed by atoms with Crippen LogP contribution in [0.1, 0.15) is 13.8 Å². The van der Waals surface area contributed by atoms with E-state index in [0.717, 1.165) is 38.2 Å². The Morgan fingerprint density at radius 2 is 1.10 bits per heavy atom. The van der Waals surface area contributed by atoms with Crippen molar-refractivity contribution in [1.29, 1.82) is 0 Å². The van der Waals surface area contributed by atoms with Gasteiger partial charge >= 0.3 is 0 Å². The Morgan fingerprint density at radius 3 is 1.77 bits per heavy atom. The fraction of sp³-hybridized carbons (Fsp3) is 0.292. The summed E-state index contributed by atoms with van der Waals surface area (Å²) in [5.41, 5.74) is 0.856. The molecule has 3 aromatic carbocycles. The summed E-state index contributed by atoms with van der Waals surface area (Å²) in [4.78, 5) is 4.77. The van der Waals surface area contributed by atoms with Crippen LogP contribution in [-0.4, -0.2) is 39.5 Å². The lowest BCUT2D eigenvalue weighted by molar-refractivity contribution is 0.311. The first-order valence-electron chi connectivity index (χ1n) is 9.89. The topological polar surface area (TPSA) is 59.0 Å². The molecule has 0 amide bonds. The highest BCUT2D eigenvalue weighted by Crippen LogP contribution is 2.43. The van der Waals surface area contributed by atoms with E-state index >= 15 is 0 Å². The van der Waals surface area contributed by atoms with E-state index in [1.54, 1.807) is 21.3 Å². The summed E-state index contributed by atoms with van der Waals surface area (Å²) in [7, 11) is 4.90. The van der Waals surface area contributed by atoms with E-state index in [1.165, 1.54) is 0 Å². The summed E-state index contributed by atoms with van der Waals surface area (Å²) in [6.07, 6.45) is 1.85. The molecule has 0 radical (unpaired) electrons. The fourth-order valence-corrected chi connectivity index (χ4v) is 3.80. The van der Waals surface area contributed by atoms with Gasteiger partial charge in [-0.25, -0.2) is 0 Å². The highest BCUT2D eigenvalue weighted by Gasteiger charge is 2.17. The van der Waals surface area contributed by atoms with Gasteiger partial charge in [-0.15, -0.1) is 0 Å². The number of ether oxygens (including phenoxy) is 5. The van der Waals surface area contributed by atoms with Crippen LogP contribution in [0.4, 0.5) is 0 Å². The van der Waals surface area contributed by atoms with Crippen molar-refractivity contribution in [2.24, 2.45) is 0 Å². The van der Waals surface area contributed by atoms with Gasteiger partial charge in [0.2, 0.25) is 0 Å². The molecule has 6 heteroatoms. The summed E-state index contributed by atoms with van der Waals surface area (Å²) < 4.78 is 28.3. The third-order valence-electron chi connectivity index (χ3n) is 5.13. The zero-order valence-electron chi connectivity index (χ0n) is 17.9. The summed E-state index contributed by atoms with van der Waals surface area (Å²) in [5, 5.41) is 4.80. The third kappa shape index (κ3) is 3.18. The largest absolute Gasteiger partial charge is 0.493 e. The van der Waals surface area contributed by atoms with Gasteiger partial charge in [-0.1, -0.05) is 0 Å². The Balaban J connectivity index is 2.13. The van der Waals surface area contributed by atoms with Gasteiger partial charge in [-0.05, 0) is 49.6 Å². The number of methoxy groups -OCH3 is 3. The molecule has 0 spiro atoms. The molecule has 1 aromatic heterocycles. The molecule has 6 nitrogen and oxygen atoms in total. The van der Waals surface area contributed by atoms with E-state index < -0.39 is 0 Å². The van der Waals surface area contributed by atoms with Crippen molar-refractivity contribution in [1.82, 2.24) is 4.98 Å². The van der Waals surface area contributed by atoms with Gasteiger partial charge in [0.1, 0.15) is 5.75 Å². The Morgan fingerprint density at radius 1 is 0.600 bits per heavy atom. The normalized spacial score (nSPS) is 11.1. The van der Waals surface area contributed by atoms with E-state index in [2.05, 4.69) is 0 Å². The van der Waals surface area contributed by atoms with Gasteiger partial charge in [0.25, 0.3) is 0 Å². The van der Waals surface area contributed by atoms with Crippen LogP contribution in [0.3, 0.4) is 0 Å². The number of aromatic nitrogens is 1. The summed E-state index contributed by atoms with van der Waals surface area (Å²) in [6.45, 7) is 5.01. The first-order valence-corrected chi connectivity index (χ1v) is 9.89. The second kappa shape index (κ2) is 8.14. The number of hydrogen-bond donors (Lipinski definition) is 0. The lowest BCUT2D eigenvalue weighted by Crippen LogP contribution is -1.98. The van der Waals surface area contributed by atoms with E-state index in [-0.39, 0.29) is 0 Å². The maximum absolute atomic E-state index is 6.00. The number of benzene rings is 3. The first kappa shape index (κ1) is 19.9. The molecule has 1 heterocycles. The van der Waals surface area contributed by atoms with Crippen LogP contribution >= 0.6 is 0 Å². The Kier molecular flexibility index (Phi) is 5.40. The molecule has 4 aromatic rings.